The lowest BCUT2D eigenvalue weighted by Crippen LogP contribution is -2.65. The molecule has 4 rings (SSSR count). The van der Waals surface area contributed by atoms with Crippen LogP contribution in [0.25, 0.3) is 0 Å². The normalized spacial score (nSPS) is 53.1. The van der Waals surface area contributed by atoms with Gasteiger partial charge in [0.2, 0.25) is 0 Å². The SMILES string of the molecule is C[C@@]12CCC[C@@]3(C)C(=O)O[C@@H](C[C@@]4(C)O[C@](C)(/C=C/C(=O)O)CC[C@H]14)[C@H]23. The standard InChI is InChI=1S/C21H30O5/c1-18(11-7-15(22)23)10-6-14-19(2)8-5-9-20(3)16(19)13(25-17(20)24)12-21(14,4)26-18/h7,11,13-14,16H,5-6,8-10,12H2,1-4H3,(H,22,23)/b11-7+/t13-,14+,16+,18-,19+,20+,21+/m0/s1. The zero-order chi connectivity index (χ0) is 19.0. The van der Waals surface area contributed by atoms with Gasteiger partial charge in [0, 0.05) is 18.4 Å². The van der Waals surface area contributed by atoms with Crippen molar-refractivity contribution < 1.29 is 24.2 Å². The molecule has 7 atom stereocenters. The van der Waals surface area contributed by atoms with E-state index in [1.165, 1.54) is 6.08 Å². The third kappa shape index (κ3) is 2.32. The van der Waals surface area contributed by atoms with E-state index in [9.17, 15) is 9.59 Å². The third-order valence-corrected chi connectivity index (χ3v) is 8.02. The lowest BCUT2D eigenvalue weighted by Gasteiger charge is -2.63. The fourth-order valence-electron chi connectivity index (χ4n) is 7.20. The first-order valence-corrected chi connectivity index (χ1v) is 9.86. The van der Waals surface area contributed by atoms with Crippen LogP contribution in [-0.4, -0.2) is 34.4 Å². The largest absolute Gasteiger partial charge is 0.478 e. The van der Waals surface area contributed by atoms with E-state index in [0.29, 0.717) is 12.3 Å². The van der Waals surface area contributed by atoms with Crippen LogP contribution >= 0.6 is 0 Å². The molecule has 0 aromatic carbocycles. The summed E-state index contributed by atoms with van der Waals surface area (Å²) in [5.74, 6) is -0.367. The molecule has 4 aliphatic rings. The smallest absolute Gasteiger partial charge is 0.328 e. The van der Waals surface area contributed by atoms with Gasteiger partial charge in [-0.3, -0.25) is 4.79 Å². The lowest BCUT2D eigenvalue weighted by atomic mass is 9.44. The number of esters is 1. The topological polar surface area (TPSA) is 72.8 Å². The molecular weight excluding hydrogens is 332 g/mol. The zero-order valence-electron chi connectivity index (χ0n) is 16.2. The summed E-state index contributed by atoms with van der Waals surface area (Å²) in [5, 5.41) is 8.99. The Morgan fingerprint density at radius 2 is 1.92 bits per heavy atom. The number of hydrogen-bond donors (Lipinski definition) is 1. The van der Waals surface area contributed by atoms with Gasteiger partial charge in [-0.15, -0.1) is 0 Å². The minimum atomic E-state index is -0.953. The molecule has 2 aliphatic carbocycles. The molecule has 2 saturated carbocycles. The van der Waals surface area contributed by atoms with Crippen LogP contribution in [0.3, 0.4) is 0 Å². The van der Waals surface area contributed by atoms with Gasteiger partial charge in [0.25, 0.3) is 0 Å². The molecule has 0 radical (unpaired) electrons. The molecule has 2 saturated heterocycles. The minimum Gasteiger partial charge on any atom is -0.478 e. The Bertz CT molecular complexity index is 686. The highest BCUT2D eigenvalue weighted by Crippen LogP contribution is 2.68. The van der Waals surface area contributed by atoms with Gasteiger partial charge >= 0.3 is 11.9 Å². The van der Waals surface area contributed by atoms with E-state index in [1.54, 1.807) is 6.08 Å². The van der Waals surface area contributed by atoms with Gasteiger partial charge in [-0.05, 0) is 63.9 Å². The molecule has 2 aliphatic heterocycles. The first kappa shape index (κ1) is 18.0. The average molecular weight is 362 g/mol. The summed E-state index contributed by atoms with van der Waals surface area (Å²) in [6, 6.07) is 0. The van der Waals surface area contributed by atoms with Gasteiger partial charge in [-0.25, -0.2) is 4.79 Å². The summed E-state index contributed by atoms with van der Waals surface area (Å²) in [5.41, 5.74) is -1.33. The van der Waals surface area contributed by atoms with Crippen molar-refractivity contribution in [3.8, 4) is 0 Å². The molecule has 0 spiro atoms. The second-order valence-corrected chi connectivity index (χ2v) is 9.89. The molecule has 5 nitrogen and oxygen atoms in total. The van der Waals surface area contributed by atoms with Crippen LogP contribution in [0.4, 0.5) is 0 Å². The van der Waals surface area contributed by atoms with E-state index in [4.69, 9.17) is 14.6 Å². The molecule has 0 aromatic rings. The molecule has 144 valence electrons. The van der Waals surface area contributed by atoms with E-state index < -0.39 is 17.2 Å². The van der Waals surface area contributed by atoms with Gasteiger partial charge in [-0.2, -0.15) is 0 Å². The summed E-state index contributed by atoms with van der Waals surface area (Å²) < 4.78 is 12.5. The summed E-state index contributed by atoms with van der Waals surface area (Å²) in [7, 11) is 0. The van der Waals surface area contributed by atoms with Crippen LogP contribution in [0.1, 0.15) is 66.2 Å². The van der Waals surface area contributed by atoms with Crippen molar-refractivity contribution in [2.24, 2.45) is 22.7 Å². The first-order valence-electron chi connectivity index (χ1n) is 9.86. The van der Waals surface area contributed by atoms with E-state index in [-0.39, 0.29) is 28.8 Å². The molecule has 0 bridgehead atoms. The third-order valence-electron chi connectivity index (χ3n) is 8.02. The maximum absolute atomic E-state index is 12.7. The number of carboxylic acids is 1. The van der Waals surface area contributed by atoms with Crippen molar-refractivity contribution in [2.45, 2.75) is 83.5 Å². The van der Waals surface area contributed by atoms with Crippen LogP contribution in [-0.2, 0) is 19.1 Å². The second-order valence-electron chi connectivity index (χ2n) is 9.89. The number of rotatable bonds is 2. The zero-order valence-corrected chi connectivity index (χ0v) is 16.2. The van der Waals surface area contributed by atoms with E-state index in [1.807, 2.05) is 6.92 Å². The number of fused-ring (bicyclic) bond motifs is 2. The number of carbonyl (C=O) groups excluding carboxylic acids is 1. The Balaban J connectivity index is 1.70. The highest BCUT2D eigenvalue weighted by Gasteiger charge is 2.71. The van der Waals surface area contributed by atoms with Crippen LogP contribution in [0.15, 0.2) is 12.2 Å². The Labute approximate surface area is 155 Å². The Morgan fingerprint density at radius 1 is 1.19 bits per heavy atom. The number of carbonyl (C=O) groups is 2. The molecule has 0 amide bonds. The maximum atomic E-state index is 12.7. The van der Waals surface area contributed by atoms with Crippen molar-refractivity contribution in [3.05, 3.63) is 12.2 Å². The Hall–Kier alpha value is -1.36. The van der Waals surface area contributed by atoms with Crippen LogP contribution in [0.5, 0.6) is 0 Å². The van der Waals surface area contributed by atoms with Gasteiger partial charge < -0.3 is 14.6 Å². The lowest BCUT2D eigenvalue weighted by molar-refractivity contribution is -0.261. The minimum absolute atomic E-state index is 0.0225. The van der Waals surface area contributed by atoms with Crippen LogP contribution in [0, 0.1) is 22.7 Å². The van der Waals surface area contributed by atoms with Gasteiger partial charge in [0.05, 0.1) is 16.6 Å². The maximum Gasteiger partial charge on any atom is 0.328 e. The van der Waals surface area contributed by atoms with Crippen molar-refractivity contribution >= 4 is 11.9 Å². The summed E-state index contributed by atoms with van der Waals surface area (Å²) in [6.45, 7) is 8.55. The van der Waals surface area contributed by atoms with E-state index in [0.717, 1.165) is 32.1 Å². The molecule has 0 unspecified atom stereocenters. The molecule has 2 heterocycles. The Kier molecular flexibility index (Phi) is 3.70. The molecule has 1 N–H and O–H groups in total. The van der Waals surface area contributed by atoms with Crippen molar-refractivity contribution in [3.63, 3.8) is 0 Å². The molecule has 4 fully saturated rings. The highest BCUT2D eigenvalue weighted by molar-refractivity contribution is 5.80. The number of carboxylic acid groups (broad SMARTS) is 1. The first-order chi connectivity index (χ1) is 12.0. The van der Waals surface area contributed by atoms with Crippen molar-refractivity contribution in [1.82, 2.24) is 0 Å². The van der Waals surface area contributed by atoms with Crippen LogP contribution in [0.2, 0.25) is 0 Å². The van der Waals surface area contributed by atoms with Gasteiger partial charge in [0.15, 0.2) is 0 Å². The van der Waals surface area contributed by atoms with Gasteiger partial charge in [-0.1, -0.05) is 13.3 Å². The molecule has 26 heavy (non-hydrogen) atoms. The predicted octanol–water partition coefficient (Wildman–Crippen LogP) is 3.71. The molecular formula is C21H30O5. The quantitative estimate of drug-likeness (QED) is 0.599. The summed E-state index contributed by atoms with van der Waals surface area (Å²) in [6.07, 6.45) is 8.34. The number of hydrogen-bond acceptors (Lipinski definition) is 4. The number of ether oxygens (including phenoxy) is 2. The molecule has 0 aromatic heterocycles. The Morgan fingerprint density at radius 3 is 2.62 bits per heavy atom. The summed E-state index contributed by atoms with van der Waals surface area (Å²) >= 11 is 0. The summed E-state index contributed by atoms with van der Waals surface area (Å²) in [4.78, 5) is 23.7. The average Bonchev–Trinajstić information content (AvgIpc) is 2.76. The second kappa shape index (κ2) is 5.34. The van der Waals surface area contributed by atoms with Crippen molar-refractivity contribution in [1.29, 1.82) is 0 Å². The highest BCUT2D eigenvalue weighted by atomic mass is 16.6. The van der Waals surface area contributed by atoms with E-state index in [2.05, 4.69) is 20.8 Å². The monoisotopic (exact) mass is 362 g/mol. The molecule has 5 heteroatoms. The number of aliphatic carboxylic acids is 1. The fraction of sp³-hybridized carbons (Fsp3) is 0.810. The predicted molar refractivity (Wildman–Crippen MR) is 95.4 cm³/mol. The van der Waals surface area contributed by atoms with Crippen LogP contribution < -0.4 is 0 Å². The van der Waals surface area contributed by atoms with Gasteiger partial charge in [0.1, 0.15) is 6.10 Å². The fourth-order valence-corrected chi connectivity index (χ4v) is 7.20. The van der Waals surface area contributed by atoms with Crippen molar-refractivity contribution in [2.75, 3.05) is 0 Å². The van der Waals surface area contributed by atoms with E-state index >= 15 is 0 Å².